The summed E-state index contributed by atoms with van der Waals surface area (Å²) in [5, 5.41) is 0. The molecule has 0 atom stereocenters. The highest BCUT2D eigenvalue weighted by molar-refractivity contribution is 5.97. The van der Waals surface area contributed by atoms with Crippen molar-refractivity contribution in [2.45, 2.75) is 77.1 Å². The fourth-order valence-corrected chi connectivity index (χ4v) is 10.1. The summed E-state index contributed by atoms with van der Waals surface area (Å²) in [7, 11) is 0. The van der Waals surface area contributed by atoms with Crippen LogP contribution in [0.3, 0.4) is 0 Å². The summed E-state index contributed by atoms with van der Waals surface area (Å²) >= 11 is 0. The van der Waals surface area contributed by atoms with E-state index in [1.54, 1.807) is 21.9 Å². The number of hydrogen-bond donors (Lipinski definition) is 0. The van der Waals surface area contributed by atoms with E-state index < -0.39 is 57.8 Å². The second-order valence-corrected chi connectivity index (χ2v) is 18.3. The number of fused-ring (bicyclic) bond motifs is 7. The van der Waals surface area contributed by atoms with Crippen molar-refractivity contribution < 1.29 is 52.7 Å². The molecular weight excluding hydrogens is 905 g/mol. The monoisotopic (exact) mass is 944 g/mol. The van der Waals surface area contributed by atoms with E-state index in [9.17, 15) is 52.7 Å². The fourth-order valence-electron chi connectivity index (χ4n) is 10.1. The lowest BCUT2D eigenvalue weighted by Crippen LogP contribution is -2.25. The van der Waals surface area contributed by atoms with E-state index in [0.717, 1.165) is 104 Å². The summed E-state index contributed by atoms with van der Waals surface area (Å²) in [6.07, 6.45) is -18.5. The lowest BCUT2D eigenvalue weighted by molar-refractivity contribution is -0.138. The largest absolute Gasteiger partial charge is 0.416 e. The van der Waals surface area contributed by atoms with Gasteiger partial charge >= 0.3 is 24.7 Å². The van der Waals surface area contributed by atoms with Gasteiger partial charge in [-0.25, -0.2) is 0 Å². The standard InChI is InChI=1S/C54H40F12N2/c1-29-30(2)46-42-26-24-40(68(37-19-11-33(12-20-37)53(61,62)63)38-21-13-34(14-22-38)54(64,65)66)28-44(42)50(5,6)48(46)47-45(29)41-25-23-39(27-43(41)49(47,3)4)67(35-15-7-31(8-16-35)51(55,56)57)36-17-9-32(10-18-36)52(58,59)60/h7-28H,1-6H3. The van der Waals surface area contributed by atoms with Crippen molar-refractivity contribution in [2.24, 2.45) is 0 Å². The minimum absolute atomic E-state index is 0.285. The Hall–Kier alpha value is -6.70. The van der Waals surface area contributed by atoms with Crippen molar-refractivity contribution in [1.29, 1.82) is 0 Å². The first-order valence-electron chi connectivity index (χ1n) is 21.4. The van der Waals surface area contributed by atoms with E-state index in [0.29, 0.717) is 11.4 Å². The van der Waals surface area contributed by atoms with Crippen molar-refractivity contribution in [2.75, 3.05) is 9.80 Å². The highest BCUT2D eigenvalue weighted by Gasteiger charge is 2.48. The molecule has 0 saturated carbocycles. The molecule has 350 valence electrons. The topological polar surface area (TPSA) is 6.48 Å². The number of benzene rings is 7. The van der Waals surface area contributed by atoms with Crippen molar-refractivity contribution >= 4 is 34.1 Å². The van der Waals surface area contributed by atoms with E-state index in [4.69, 9.17) is 0 Å². The molecule has 0 bridgehead atoms. The molecule has 0 radical (unpaired) electrons. The molecule has 0 fully saturated rings. The van der Waals surface area contributed by atoms with Crippen LogP contribution in [-0.4, -0.2) is 0 Å². The third kappa shape index (κ3) is 7.56. The Balaban J connectivity index is 1.17. The zero-order valence-corrected chi connectivity index (χ0v) is 37.1. The SMILES string of the molecule is Cc1c(C)c2c(c3c1-c1ccc(N(c4ccc(C(F)(F)F)cc4)c4ccc(C(F)(F)F)cc4)cc1C3(C)C)C(C)(C)c1cc(N(c3ccc(C(F)(F)F)cc3)c3ccc(C(F)(F)F)cc3)ccc1-2. The van der Waals surface area contributed by atoms with Crippen molar-refractivity contribution in [3.63, 3.8) is 0 Å². The van der Waals surface area contributed by atoms with Gasteiger partial charge in [0.25, 0.3) is 0 Å². The molecule has 0 unspecified atom stereocenters. The summed E-state index contributed by atoms with van der Waals surface area (Å²) in [5.41, 5.74) is 6.65. The molecule has 0 spiro atoms. The molecule has 0 N–H and O–H groups in total. The Morgan fingerprint density at radius 2 is 0.544 bits per heavy atom. The first kappa shape index (κ1) is 46.4. The lowest BCUT2D eigenvalue weighted by atomic mass is 9.71. The number of hydrogen-bond acceptors (Lipinski definition) is 2. The molecule has 14 heteroatoms. The molecule has 0 saturated heterocycles. The maximum atomic E-state index is 13.7. The molecule has 0 heterocycles. The van der Waals surface area contributed by atoms with Gasteiger partial charge in [0.15, 0.2) is 0 Å². The van der Waals surface area contributed by atoms with Gasteiger partial charge in [0.2, 0.25) is 0 Å². The summed E-state index contributed by atoms with van der Waals surface area (Å²) < 4.78 is 164. The van der Waals surface area contributed by atoms with Gasteiger partial charge in [-0.05, 0) is 191 Å². The number of nitrogens with zero attached hydrogens (tertiary/aromatic N) is 2. The molecule has 2 aliphatic rings. The third-order valence-electron chi connectivity index (χ3n) is 13.5. The summed E-state index contributed by atoms with van der Waals surface area (Å²) in [6.45, 7) is 12.3. The van der Waals surface area contributed by atoms with E-state index >= 15 is 0 Å². The van der Waals surface area contributed by atoms with Crippen LogP contribution < -0.4 is 9.80 Å². The number of halogens is 12. The van der Waals surface area contributed by atoms with Crippen LogP contribution >= 0.6 is 0 Å². The lowest BCUT2D eigenvalue weighted by Gasteiger charge is -2.33. The molecule has 7 aromatic rings. The van der Waals surface area contributed by atoms with Crippen LogP contribution in [0.4, 0.5) is 86.8 Å². The second-order valence-electron chi connectivity index (χ2n) is 18.3. The predicted molar refractivity (Wildman–Crippen MR) is 240 cm³/mol. The Morgan fingerprint density at radius 3 is 0.765 bits per heavy atom. The van der Waals surface area contributed by atoms with Gasteiger partial charge in [0, 0.05) is 45.0 Å². The average molecular weight is 945 g/mol. The van der Waals surface area contributed by atoms with Gasteiger partial charge in [0.1, 0.15) is 0 Å². The average Bonchev–Trinajstić information content (AvgIpc) is 3.64. The van der Waals surface area contributed by atoms with E-state index in [2.05, 4.69) is 27.7 Å². The van der Waals surface area contributed by atoms with Crippen LogP contribution in [0.2, 0.25) is 0 Å². The molecule has 2 nitrogen and oxygen atoms in total. The van der Waals surface area contributed by atoms with Crippen LogP contribution in [0.1, 0.15) is 83.3 Å². The predicted octanol–water partition coefficient (Wildman–Crippen LogP) is 17.9. The number of rotatable bonds is 6. The number of alkyl halides is 12. The van der Waals surface area contributed by atoms with Gasteiger partial charge in [-0.1, -0.05) is 39.8 Å². The highest BCUT2D eigenvalue weighted by Crippen LogP contribution is 2.62. The van der Waals surface area contributed by atoms with Crippen molar-refractivity contribution in [3.8, 4) is 22.3 Å². The van der Waals surface area contributed by atoms with Crippen LogP contribution in [0.5, 0.6) is 0 Å². The molecule has 68 heavy (non-hydrogen) atoms. The maximum Gasteiger partial charge on any atom is 0.416 e. The minimum atomic E-state index is -4.62. The first-order valence-corrected chi connectivity index (χ1v) is 21.4. The van der Waals surface area contributed by atoms with E-state index in [1.807, 2.05) is 38.1 Å². The van der Waals surface area contributed by atoms with Gasteiger partial charge in [-0.2, -0.15) is 52.7 Å². The van der Waals surface area contributed by atoms with Crippen LogP contribution in [0.25, 0.3) is 22.3 Å². The summed E-state index contributed by atoms with van der Waals surface area (Å²) in [5.74, 6) is 0. The molecule has 2 aliphatic carbocycles. The third-order valence-corrected chi connectivity index (χ3v) is 13.5. The van der Waals surface area contributed by atoms with Crippen LogP contribution in [0.15, 0.2) is 133 Å². The van der Waals surface area contributed by atoms with Crippen LogP contribution in [-0.2, 0) is 35.5 Å². The maximum absolute atomic E-state index is 13.7. The molecule has 9 rings (SSSR count). The molecule has 0 amide bonds. The highest BCUT2D eigenvalue weighted by atomic mass is 19.4. The molecular formula is C54H40F12N2. The summed E-state index contributed by atoms with van der Waals surface area (Å²) in [6, 6.07) is 28.9. The molecule has 0 aliphatic heterocycles. The quantitative estimate of drug-likeness (QED) is 0.153. The second kappa shape index (κ2) is 15.4. The van der Waals surface area contributed by atoms with Crippen molar-refractivity contribution in [3.05, 3.63) is 189 Å². The fraction of sp³-hybridized carbons (Fsp3) is 0.222. The van der Waals surface area contributed by atoms with Gasteiger partial charge in [-0.3, -0.25) is 0 Å². The van der Waals surface area contributed by atoms with Gasteiger partial charge < -0.3 is 9.80 Å². The van der Waals surface area contributed by atoms with E-state index in [1.165, 1.54) is 48.5 Å². The van der Waals surface area contributed by atoms with Crippen LogP contribution in [0, 0.1) is 13.8 Å². The van der Waals surface area contributed by atoms with E-state index in [-0.39, 0.29) is 22.7 Å². The van der Waals surface area contributed by atoms with Gasteiger partial charge in [-0.15, -0.1) is 0 Å². The Labute approximate surface area is 384 Å². The zero-order chi connectivity index (χ0) is 49.3. The Morgan fingerprint density at radius 1 is 0.324 bits per heavy atom. The minimum Gasteiger partial charge on any atom is -0.310 e. The first-order chi connectivity index (χ1) is 31.6. The van der Waals surface area contributed by atoms with Crippen molar-refractivity contribution in [1.82, 2.24) is 0 Å². The number of anilines is 6. The van der Waals surface area contributed by atoms with Gasteiger partial charge in [0.05, 0.1) is 22.3 Å². The summed E-state index contributed by atoms with van der Waals surface area (Å²) in [4.78, 5) is 3.23. The zero-order valence-electron chi connectivity index (χ0n) is 37.1. The smallest absolute Gasteiger partial charge is 0.310 e. The Bertz CT molecular complexity index is 2770. The molecule has 0 aromatic heterocycles. The Kier molecular flexibility index (Phi) is 10.5. The molecule has 7 aromatic carbocycles. The normalized spacial score (nSPS) is 14.9.